The first-order valence-corrected chi connectivity index (χ1v) is 14.8. The van der Waals surface area contributed by atoms with Gasteiger partial charge in [0.1, 0.15) is 17.8 Å². The average molecular weight is 617 g/mol. The van der Waals surface area contributed by atoms with Gasteiger partial charge in [-0.1, -0.05) is 32.0 Å². The molecule has 2 saturated carbocycles. The molecule has 3 aliphatic carbocycles. The Morgan fingerprint density at radius 3 is 2.30 bits per heavy atom. The second-order valence-corrected chi connectivity index (χ2v) is 13.0. The van der Waals surface area contributed by atoms with Crippen LogP contribution in [0.25, 0.3) is 0 Å². The predicted molar refractivity (Wildman–Crippen MR) is 151 cm³/mol. The molecule has 2 unspecified atom stereocenters. The molecule has 5 rings (SSSR count). The van der Waals surface area contributed by atoms with E-state index in [0.717, 1.165) is 0 Å². The molecule has 2 bridgehead atoms. The van der Waals surface area contributed by atoms with Crippen molar-refractivity contribution in [2.45, 2.75) is 96.1 Å². The second-order valence-electron chi connectivity index (χ2n) is 13.0. The number of Topliss-reactive ketones (excluding diaryl/α,β-unsaturated/α-hetero) is 1. The maximum absolute atomic E-state index is 14.9. The summed E-state index contributed by atoms with van der Waals surface area (Å²) in [6.07, 6.45) is -8.75. The van der Waals surface area contributed by atoms with Crippen LogP contribution in [-0.2, 0) is 33.3 Å². The minimum atomic E-state index is -2.15. The Balaban J connectivity index is 1.82. The summed E-state index contributed by atoms with van der Waals surface area (Å²) in [4.78, 5) is 54.1. The van der Waals surface area contributed by atoms with Gasteiger partial charge in [0, 0.05) is 25.2 Å². The van der Waals surface area contributed by atoms with E-state index < -0.39 is 82.3 Å². The van der Waals surface area contributed by atoms with Gasteiger partial charge in [-0.05, 0) is 44.1 Å². The molecule has 3 fully saturated rings. The molecule has 1 aliphatic heterocycles. The number of aliphatic hydroxyl groups excluding tert-OH is 2. The van der Waals surface area contributed by atoms with Gasteiger partial charge in [0.05, 0.1) is 42.3 Å². The Labute approximate surface area is 255 Å². The fraction of sp³-hybridized carbons (Fsp3) is 0.625. The van der Waals surface area contributed by atoms with Crippen molar-refractivity contribution in [3.8, 4) is 0 Å². The molecule has 0 spiro atoms. The smallest absolute Gasteiger partial charge is 0.455 e. The highest BCUT2D eigenvalue weighted by atomic mass is 16.7. The SMILES string of the molecule is CCOC(=O)O[C@H]1C(=O)[C@@]2(C)C(C(OC(=O)c3ccccc3)[C@]3(O)C[C@H](O)C(C)=C1C3(C)C)[C@]1(OC(C)=O)CO[C@@H]1C[C@@H]2O. The normalized spacial score (nSPS) is 39.0. The Hall–Kier alpha value is -3.32. The van der Waals surface area contributed by atoms with E-state index in [1.54, 1.807) is 45.9 Å². The fourth-order valence-electron chi connectivity index (χ4n) is 7.99. The van der Waals surface area contributed by atoms with Crippen molar-refractivity contribution in [3.63, 3.8) is 0 Å². The summed E-state index contributed by atoms with van der Waals surface area (Å²) in [5.41, 5.74) is -6.69. The number of ether oxygens (including phenoxy) is 5. The van der Waals surface area contributed by atoms with Crippen LogP contribution in [0, 0.1) is 16.7 Å². The van der Waals surface area contributed by atoms with E-state index in [9.17, 15) is 34.5 Å². The van der Waals surface area contributed by atoms with E-state index in [4.69, 9.17) is 23.7 Å². The van der Waals surface area contributed by atoms with E-state index >= 15 is 0 Å². The molecule has 44 heavy (non-hydrogen) atoms. The molecule has 0 amide bonds. The fourth-order valence-corrected chi connectivity index (χ4v) is 7.99. The Morgan fingerprint density at radius 1 is 1.07 bits per heavy atom. The van der Waals surface area contributed by atoms with E-state index in [0.29, 0.717) is 0 Å². The molecule has 1 aromatic carbocycles. The summed E-state index contributed by atoms with van der Waals surface area (Å²) in [5.74, 6) is -3.76. The number of ketones is 1. The summed E-state index contributed by atoms with van der Waals surface area (Å²) >= 11 is 0. The first kappa shape index (κ1) is 32.1. The molecule has 1 heterocycles. The Bertz CT molecular complexity index is 1390. The topological polar surface area (TPSA) is 175 Å². The van der Waals surface area contributed by atoms with Crippen LogP contribution in [-0.4, -0.2) is 94.1 Å². The number of benzene rings is 1. The van der Waals surface area contributed by atoms with Crippen LogP contribution >= 0.6 is 0 Å². The zero-order valence-electron chi connectivity index (χ0n) is 25.7. The molecule has 0 aromatic heterocycles. The van der Waals surface area contributed by atoms with Gasteiger partial charge in [0.25, 0.3) is 0 Å². The van der Waals surface area contributed by atoms with Gasteiger partial charge >= 0.3 is 18.1 Å². The molecule has 4 aliphatic rings. The second kappa shape index (κ2) is 10.9. The van der Waals surface area contributed by atoms with E-state index in [1.165, 1.54) is 26.0 Å². The van der Waals surface area contributed by atoms with Crippen molar-refractivity contribution in [3.05, 3.63) is 47.0 Å². The van der Waals surface area contributed by atoms with Crippen LogP contribution < -0.4 is 0 Å². The number of hydrogen-bond acceptors (Lipinski definition) is 12. The number of carbonyl (C=O) groups is 4. The predicted octanol–water partition coefficient (Wildman–Crippen LogP) is 2.26. The van der Waals surface area contributed by atoms with Crippen molar-refractivity contribution in [1.82, 2.24) is 0 Å². The summed E-state index contributed by atoms with van der Waals surface area (Å²) in [6.45, 7) is 8.67. The van der Waals surface area contributed by atoms with Gasteiger partial charge in [0.15, 0.2) is 17.5 Å². The first-order chi connectivity index (χ1) is 20.6. The van der Waals surface area contributed by atoms with Crippen molar-refractivity contribution in [1.29, 1.82) is 0 Å². The molecule has 0 radical (unpaired) electrons. The number of hydrogen-bond donors (Lipinski definition) is 3. The van der Waals surface area contributed by atoms with Crippen molar-refractivity contribution in [2.24, 2.45) is 16.7 Å². The standard InChI is InChI=1S/C32H40O12/c1-7-40-28(38)42-23-22-16(2)19(34)14-32(39,29(22,4)5)26(43-27(37)18-11-9-8-10-12-18)24-30(6,25(23)36)20(35)13-21-31(24,15-41-21)44-17(3)33/h8-12,19-21,23-24,26,34-35,39H,7,13-15H2,1-6H3/t19-,20-,21+,23+,24?,26?,30+,31-,32+/m0/s1. The van der Waals surface area contributed by atoms with Crippen LogP contribution in [0.15, 0.2) is 41.5 Å². The van der Waals surface area contributed by atoms with Gasteiger partial charge in [-0.25, -0.2) is 9.59 Å². The molecule has 9 atom stereocenters. The lowest BCUT2D eigenvalue weighted by Gasteiger charge is -2.67. The third-order valence-electron chi connectivity index (χ3n) is 10.4. The highest BCUT2D eigenvalue weighted by molar-refractivity contribution is 5.95. The number of aliphatic hydroxyl groups is 3. The maximum Gasteiger partial charge on any atom is 0.509 e. The van der Waals surface area contributed by atoms with Crippen molar-refractivity contribution >= 4 is 23.9 Å². The largest absolute Gasteiger partial charge is 0.509 e. The third-order valence-corrected chi connectivity index (χ3v) is 10.4. The van der Waals surface area contributed by atoms with Crippen LogP contribution in [0.3, 0.4) is 0 Å². The first-order valence-electron chi connectivity index (χ1n) is 14.8. The zero-order chi connectivity index (χ0) is 32.4. The van der Waals surface area contributed by atoms with Gasteiger partial charge in [-0.2, -0.15) is 0 Å². The Kier molecular flexibility index (Phi) is 7.97. The molecule has 3 N–H and O–H groups in total. The third kappa shape index (κ3) is 4.48. The summed E-state index contributed by atoms with van der Waals surface area (Å²) < 4.78 is 28.6. The molecular formula is C32H40O12. The summed E-state index contributed by atoms with van der Waals surface area (Å²) in [7, 11) is 0. The molecule has 1 saturated heterocycles. The van der Waals surface area contributed by atoms with Crippen LogP contribution in [0.4, 0.5) is 4.79 Å². The quantitative estimate of drug-likeness (QED) is 0.250. The summed E-state index contributed by atoms with van der Waals surface area (Å²) in [5, 5.41) is 36.0. The Morgan fingerprint density at radius 2 is 1.73 bits per heavy atom. The van der Waals surface area contributed by atoms with E-state index in [1.807, 2.05) is 0 Å². The maximum atomic E-state index is 14.9. The number of carbonyl (C=O) groups excluding carboxylic acids is 4. The highest BCUT2D eigenvalue weighted by Crippen LogP contribution is 2.64. The lowest BCUT2D eigenvalue weighted by Crippen LogP contribution is -2.81. The van der Waals surface area contributed by atoms with E-state index in [-0.39, 0.29) is 42.8 Å². The summed E-state index contributed by atoms with van der Waals surface area (Å²) in [6, 6.07) is 8.02. The molecular weight excluding hydrogens is 576 g/mol. The number of rotatable bonds is 5. The monoisotopic (exact) mass is 616 g/mol. The van der Waals surface area contributed by atoms with Crippen LogP contribution in [0.2, 0.25) is 0 Å². The van der Waals surface area contributed by atoms with Gasteiger partial charge in [-0.3, -0.25) is 9.59 Å². The minimum absolute atomic E-state index is 0.0532. The van der Waals surface area contributed by atoms with Crippen molar-refractivity contribution < 1.29 is 58.2 Å². The van der Waals surface area contributed by atoms with Gasteiger partial charge < -0.3 is 39.0 Å². The average Bonchev–Trinajstić information content (AvgIpc) is 2.95. The molecule has 1 aromatic rings. The number of fused-ring (bicyclic) bond motifs is 5. The van der Waals surface area contributed by atoms with E-state index in [2.05, 4.69) is 0 Å². The molecule has 12 heteroatoms. The lowest BCUT2D eigenvalue weighted by atomic mass is 9.44. The zero-order valence-corrected chi connectivity index (χ0v) is 25.7. The van der Waals surface area contributed by atoms with Crippen molar-refractivity contribution in [2.75, 3.05) is 13.2 Å². The van der Waals surface area contributed by atoms with Gasteiger partial charge in [-0.15, -0.1) is 0 Å². The lowest BCUT2D eigenvalue weighted by molar-refractivity contribution is -0.345. The van der Waals surface area contributed by atoms with Crippen LogP contribution in [0.5, 0.6) is 0 Å². The highest BCUT2D eigenvalue weighted by Gasteiger charge is 2.78. The van der Waals surface area contributed by atoms with Crippen LogP contribution in [0.1, 0.15) is 64.7 Å². The molecule has 12 nitrogen and oxygen atoms in total. The number of esters is 2. The molecule has 240 valence electrons. The minimum Gasteiger partial charge on any atom is -0.455 e. The van der Waals surface area contributed by atoms with Gasteiger partial charge in [0.2, 0.25) is 0 Å².